The number of fused-ring (bicyclic) bond motifs is 1. The molecule has 0 bridgehead atoms. The fraction of sp³-hybridized carbons (Fsp3) is 0.167. The van der Waals surface area contributed by atoms with Gasteiger partial charge in [-0.3, -0.25) is 0 Å². The summed E-state index contributed by atoms with van der Waals surface area (Å²) in [7, 11) is 0. The van der Waals surface area contributed by atoms with Gasteiger partial charge in [0.25, 0.3) is 0 Å². The number of nitriles is 1. The van der Waals surface area contributed by atoms with E-state index < -0.39 is 0 Å². The van der Waals surface area contributed by atoms with Gasteiger partial charge in [-0.2, -0.15) is 5.26 Å². The second kappa shape index (κ2) is 3.97. The molecular weight excluding hydrogens is 188 g/mol. The van der Waals surface area contributed by atoms with E-state index in [9.17, 15) is 4.79 Å². The number of hydrogen-bond acceptors (Lipinski definition) is 2. The maximum absolute atomic E-state index is 10.3. The zero-order valence-corrected chi connectivity index (χ0v) is 8.16. The second-order valence-corrected chi connectivity index (χ2v) is 3.39. The molecule has 0 aliphatic carbocycles. The first-order valence-electron chi connectivity index (χ1n) is 4.79. The first kappa shape index (κ1) is 9.47. The molecule has 0 radical (unpaired) electrons. The largest absolute Gasteiger partial charge is 0.361 e. The summed E-state index contributed by atoms with van der Waals surface area (Å²) < 4.78 is 0. The van der Waals surface area contributed by atoms with Gasteiger partial charge in [-0.25, -0.2) is 0 Å². The molecule has 0 aliphatic rings. The molecular formula is C12H10N2O. The zero-order chi connectivity index (χ0) is 10.7. The third-order valence-electron chi connectivity index (χ3n) is 2.43. The van der Waals surface area contributed by atoms with Crippen LogP contribution in [0.4, 0.5) is 0 Å². The molecule has 1 aromatic carbocycles. The van der Waals surface area contributed by atoms with Gasteiger partial charge in [0.2, 0.25) is 0 Å². The van der Waals surface area contributed by atoms with Gasteiger partial charge in [0.05, 0.1) is 11.6 Å². The molecule has 2 rings (SSSR count). The predicted octanol–water partition coefficient (Wildman–Crippen LogP) is 2.17. The Hall–Kier alpha value is -2.08. The molecule has 0 amide bonds. The molecule has 0 saturated heterocycles. The van der Waals surface area contributed by atoms with E-state index in [1.54, 1.807) is 6.07 Å². The zero-order valence-electron chi connectivity index (χ0n) is 8.16. The van der Waals surface area contributed by atoms with Crippen molar-refractivity contribution in [2.45, 2.75) is 12.8 Å². The van der Waals surface area contributed by atoms with Crippen LogP contribution in [0, 0.1) is 11.3 Å². The Morgan fingerprint density at radius 1 is 1.47 bits per heavy atom. The van der Waals surface area contributed by atoms with Crippen molar-refractivity contribution in [3.63, 3.8) is 0 Å². The van der Waals surface area contributed by atoms with E-state index >= 15 is 0 Å². The van der Waals surface area contributed by atoms with Gasteiger partial charge in [0.15, 0.2) is 0 Å². The number of carbonyl (C=O) groups excluding carboxylic acids is 1. The van der Waals surface area contributed by atoms with E-state index in [1.165, 1.54) is 0 Å². The lowest BCUT2D eigenvalue weighted by molar-refractivity contribution is -0.107. The van der Waals surface area contributed by atoms with Crippen LogP contribution in [0.15, 0.2) is 24.4 Å². The van der Waals surface area contributed by atoms with Crippen LogP contribution in [0.2, 0.25) is 0 Å². The van der Waals surface area contributed by atoms with Crippen molar-refractivity contribution in [3.8, 4) is 6.07 Å². The second-order valence-electron chi connectivity index (χ2n) is 3.39. The number of aryl methyl sites for hydroxylation is 1. The summed E-state index contributed by atoms with van der Waals surface area (Å²) in [5.74, 6) is 0. The van der Waals surface area contributed by atoms with Crippen LogP contribution in [0.25, 0.3) is 10.9 Å². The van der Waals surface area contributed by atoms with Gasteiger partial charge in [-0.15, -0.1) is 0 Å². The van der Waals surface area contributed by atoms with E-state index in [0.717, 1.165) is 29.2 Å². The summed E-state index contributed by atoms with van der Waals surface area (Å²) in [4.78, 5) is 13.4. The number of aldehydes is 1. The molecule has 0 saturated carbocycles. The van der Waals surface area contributed by atoms with Gasteiger partial charge in [0, 0.05) is 23.5 Å². The molecule has 1 heterocycles. The molecule has 2 aromatic rings. The van der Waals surface area contributed by atoms with Crippen LogP contribution in [0.3, 0.4) is 0 Å². The Morgan fingerprint density at radius 2 is 2.33 bits per heavy atom. The summed E-state index contributed by atoms with van der Waals surface area (Å²) in [5, 5.41) is 9.82. The van der Waals surface area contributed by atoms with E-state index in [2.05, 4.69) is 11.1 Å². The molecule has 0 spiro atoms. The fourth-order valence-electron chi connectivity index (χ4n) is 1.67. The minimum Gasteiger partial charge on any atom is -0.361 e. The normalized spacial score (nSPS) is 10.1. The van der Waals surface area contributed by atoms with Gasteiger partial charge in [-0.1, -0.05) is 0 Å². The maximum Gasteiger partial charge on any atom is 0.120 e. The van der Waals surface area contributed by atoms with Crippen molar-refractivity contribution in [3.05, 3.63) is 35.5 Å². The highest BCUT2D eigenvalue weighted by atomic mass is 16.1. The number of rotatable bonds is 3. The number of benzene rings is 1. The molecule has 0 unspecified atom stereocenters. The first-order chi connectivity index (χ1) is 7.35. The number of nitrogens with zero attached hydrogens (tertiary/aromatic N) is 1. The molecule has 15 heavy (non-hydrogen) atoms. The minimum atomic E-state index is 0.518. The summed E-state index contributed by atoms with van der Waals surface area (Å²) >= 11 is 0. The quantitative estimate of drug-likeness (QED) is 0.768. The van der Waals surface area contributed by atoms with Crippen molar-refractivity contribution in [1.29, 1.82) is 5.26 Å². The minimum absolute atomic E-state index is 0.518. The highest BCUT2D eigenvalue weighted by Gasteiger charge is 2.03. The Morgan fingerprint density at radius 3 is 3.07 bits per heavy atom. The van der Waals surface area contributed by atoms with Crippen molar-refractivity contribution >= 4 is 17.2 Å². The van der Waals surface area contributed by atoms with Gasteiger partial charge in [0.1, 0.15) is 6.29 Å². The molecule has 1 aromatic heterocycles. The SMILES string of the molecule is N#Cc1ccc2[nH]cc(CCC=O)c2c1. The lowest BCUT2D eigenvalue weighted by Gasteiger charge is -1.95. The average molecular weight is 198 g/mol. The van der Waals surface area contributed by atoms with E-state index in [4.69, 9.17) is 5.26 Å². The fourth-order valence-corrected chi connectivity index (χ4v) is 1.67. The highest BCUT2D eigenvalue weighted by Crippen LogP contribution is 2.20. The smallest absolute Gasteiger partial charge is 0.120 e. The van der Waals surface area contributed by atoms with Crippen LogP contribution in [0.1, 0.15) is 17.5 Å². The lowest BCUT2D eigenvalue weighted by Crippen LogP contribution is -1.84. The van der Waals surface area contributed by atoms with Crippen LogP contribution < -0.4 is 0 Å². The molecule has 0 aliphatic heterocycles. The summed E-state index contributed by atoms with van der Waals surface area (Å²) in [6.07, 6.45) is 4.05. The predicted molar refractivity (Wildman–Crippen MR) is 57.4 cm³/mol. The third-order valence-corrected chi connectivity index (χ3v) is 2.43. The average Bonchev–Trinajstić information content (AvgIpc) is 2.68. The summed E-state index contributed by atoms with van der Waals surface area (Å²) in [5.41, 5.74) is 2.75. The summed E-state index contributed by atoms with van der Waals surface area (Å²) in [6.45, 7) is 0. The van der Waals surface area contributed by atoms with Crippen LogP contribution in [-0.4, -0.2) is 11.3 Å². The molecule has 3 heteroatoms. The Balaban J connectivity index is 2.47. The number of carbonyl (C=O) groups is 1. The van der Waals surface area contributed by atoms with Crippen molar-refractivity contribution in [2.24, 2.45) is 0 Å². The Labute approximate surface area is 87.3 Å². The van der Waals surface area contributed by atoms with Crippen molar-refractivity contribution in [1.82, 2.24) is 4.98 Å². The third kappa shape index (κ3) is 1.75. The maximum atomic E-state index is 10.3. The Kier molecular flexibility index (Phi) is 2.51. The van der Waals surface area contributed by atoms with Crippen LogP contribution in [-0.2, 0) is 11.2 Å². The Bertz CT molecular complexity index is 534. The monoisotopic (exact) mass is 198 g/mol. The topological polar surface area (TPSA) is 56.6 Å². The molecule has 0 atom stereocenters. The first-order valence-corrected chi connectivity index (χ1v) is 4.79. The summed E-state index contributed by atoms with van der Waals surface area (Å²) in [6, 6.07) is 7.63. The van der Waals surface area contributed by atoms with Gasteiger partial charge >= 0.3 is 0 Å². The number of hydrogen-bond donors (Lipinski definition) is 1. The number of aromatic nitrogens is 1. The van der Waals surface area contributed by atoms with Crippen molar-refractivity contribution in [2.75, 3.05) is 0 Å². The lowest BCUT2D eigenvalue weighted by atomic mass is 10.1. The van der Waals surface area contributed by atoms with Gasteiger partial charge in [-0.05, 0) is 30.2 Å². The van der Waals surface area contributed by atoms with Crippen LogP contribution >= 0.6 is 0 Å². The standard InChI is InChI=1S/C12H10N2O/c13-7-9-3-4-12-11(6-9)10(8-14-12)2-1-5-15/h3-6,8,14H,1-2H2. The molecule has 3 nitrogen and oxygen atoms in total. The highest BCUT2D eigenvalue weighted by molar-refractivity contribution is 5.84. The van der Waals surface area contributed by atoms with E-state index in [0.29, 0.717) is 12.0 Å². The van der Waals surface area contributed by atoms with E-state index in [1.807, 2.05) is 18.3 Å². The molecule has 1 N–H and O–H groups in total. The molecule has 0 fully saturated rings. The van der Waals surface area contributed by atoms with Crippen molar-refractivity contribution < 1.29 is 4.79 Å². The van der Waals surface area contributed by atoms with E-state index in [-0.39, 0.29) is 0 Å². The number of aromatic amines is 1. The molecule has 74 valence electrons. The number of H-pyrrole nitrogens is 1. The van der Waals surface area contributed by atoms with Crippen LogP contribution in [0.5, 0.6) is 0 Å². The number of nitrogens with one attached hydrogen (secondary N) is 1. The van der Waals surface area contributed by atoms with Gasteiger partial charge < -0.3 is 9.78 Å².